The number of hydrogen-bond donors (Lipinski definition) is 1. The number of halogens is 1. The molecule has 0 unspecified atom stereocenters. The van der Waals surface area contributed by atoms with Crippen molar-refractivity contribution >= 4 is 17.5 Å². The lowest BCUT2D eigenvalue weighted by molar-refractivity contribution is 0.596. The number of nitrogens with one attached hydrogen (secondary N) is 1. The Hall–Kier alpha value is -3.22. The Morgan fingerprint density at radius 1 is 0.964 bits per heavy atom. The van der Waals surface area contributed by atoms with Crippen LogP contribution in [0.5, 0.6) is 0 Å². The van der Waals surface area contributed by atoms with Crippen LogP contribution in [0.25, 0.3) is 0 Å². The molecule has 1 saturated heterocycles. The number of rotatable bonds is 5. The van der Waals surface area contributed by atoms with Gasteiger partial charge in [0.05, 0.1) is 17.9 Å². The normalized spacial score (nSPS) is 14.2. The van der Waals surface area contributed by atoms with Gasteiger partial charge in [-0.25, -0.2) is 9.37 Å². The van der Waals surface area contributed by atoms with Crippen molar-refractivity contribution in [1.29, 1.82) is 0 Å². The first-order valence-corrected chi connectivity index (χ1v) is 9.43. The van der Waals surface area contributed by atoms with Gasteiger partial charge in [-0.2, -0.15) is 4.98 Å². The Labute approximate surface area is 164 Å². The lowest BCUT2D eigenvalue weighted by atomic mass is 10.2. The largest absolute Gasteiger partial charge is 0.366 e. The second-order valence-corrected chi connectivity index (χ2v) is 6.79. The van der Waals surface area contributed by atoms with Gasteiger partial charge >= 0.3 is 0 Å². The van der Waals surface area contributed by atoms with Gasteiger partial charge in [0.2, 0.25) is 5.95 Å². The third-order valence-electron chi connectivity index (χ3n) is 4.79. The summed E-state index contributed by atoms with van der Waals surface area (Å²) in [7, 11) is 0. The van der Waals surface area contributed by atoms with Crippen LogP contribution < -0.4 is 15.1 Å². The van der Waals surface area contributed by atoms with Gasteiger partial charge < -0.3 is 15.1 Å². The number of pyridine rings is 1. The second-order valence-electron chi connectivity index (χ2n) is 6.79. The number of aromatic nitrogens is 3. The summed E-state index contributed by atoms with van der Waals surface area (Å²) in [5.41, 5.74) is 2.51. The Balaban J connectivity index is 1.42. The van der Waals surface area contributed by atoms with Crippen LogP contribution in [0.2, 0.25) is 0 Å². The fourth-order valence-corrected chi connectivity index (χ4v) is 3.35. The molecule has 1 aliphatic rings. The number of nitrogens with zero attached hydrogens (tertiary/aromatic N) is 5. The molecule has 1 N–H and O–H groups in total. The Kier molecular flexibility index (Phi) is 5.32. The number of para-hydroxylation sites is 1. The van der Waals surface area contributed by atoms with Crippen LogP contribution in [0.3, 0.4) is 0 Å². The van der Waals surface area contributed by atoms with Crippen molar-refractivity contribution < 1.29 is 4.39 Å². The second kappa shape index (κ2) is 8.21. The fourth-order valence-electron chi connectivity index (χ4n) is 3.35. The summed E-state index contributed by atoms with van der Waals surface area (Å²) in [6.07, 6.45) is 1.77. The summed E-state index contributed by atoms with van der Waals surface area (Å²) in [6, 6.07) is 14.7. The van der Waals surface area contributed by atoms with Crippen molar-refractivity contribution in [3.8, 4) is 0 Å². The van der Waals surface area contributed by atoms with Gasteiger partial charge in [0.15, 0.2) is 0 Å². The highest BCUT2D eigenvalue weighted by atomic mass is 19.1. The van der Waals surface area contributed by atoms with Gasteiger partial charge in [-0.15, -0.1) is 0 Å². The maximum absolute atomic E-state index is 14.0. The Bertz CT molecular complexity index is 925. The van der Waals surface area contributed by atoms with E-state index in [2.05, 4.69) is 30.1 Å². The van der Waals surface area contributed by atoms with E-state index in [0.717, 1.165) is 43.4 Å². The molecule has 1 fully saturated rings. The van der Waals surface area contributed by atoms with Crippen LogP contribution >= 0.6 is 0 Å². The average Bonchev–Trinajstić information content (AvgIpc) is 2.73. The van der Waals surface area contributed by atoms with Crippen molar-refractivity contribution in [2.75, 3.05) is 41.3 Å². The van der Waals surface area contributed by atoms with Gasteiger partial charge in [-0.3, -0.25) is 4.98 Å². The number of anilines is 3. The highest BCUT2D eigenvalue weighted by Crippen LogP contribution is 2.23. The maximum atomic E-state index is 14.0. The lowest BCUT2D eigenvalue weighted by Crippen LogP contribution is -2.47. The predicted molar refractivity (Wildman–Crippen MR) is 109 cm³/mol. The summed E-state index contributed by atoms with van der Waals surface area (Å²) in [6.45, 7) is 5.60. The molecule has 0 radical (unpaired) electrons. The van der Waals surface area contributed by atoms with Crippen LogP contribution in [-0.2, 0) is 6.54 Å². The van der Waals surface area contributed by atoms with Gasteiger partial charge in [0.25, 0.3) is 0 Å². The SMILES string of the molecule is Cc1cc(N2CCN(c3ccccc3F)CC2)nc(NCc2ccccn2)n1. The molecule has 0 saturated carbocycles. The van der Waals surface area contributed by atoms with Crippen molar-refractivity contribution in [1.82, 2.24) is 15.0 Å². The number of piperazine rings is 1. The smallest absolute Gasteiger partial charge is 0.225 e. The Morgan fingerprint density at radius 2 is 1.71 bits per heavy atom. The zero-order valence-corrected chi connectivity index (χ0v) is 15.8. The molecule has 1 aromatic carbocycles. The van der Waals surface area contributed by atoms with Crippen molar-refractivity contribution in [3.63, 3.8) is 0 Å². The molecule has 3 heterocycles. The highest BCUT2D eigenvalue weighted by Gasteiger charge is 2.21. The molecule has 1 aliphatic heterocycles. The maximum Gasteiger partial charge on any atom is 0.225 e. The molecule has 0 aliphatic carbocycles. The van der Waals surface area contributed by atoms with Crippen molar-refractivity contribution in [3.05, 3.63) is 71.9 Å². The summed E-state index contributed by atoms with van der Waals surface area (Å²) in [5, 5.41) is 3.25. The van der Waals surface area contributed by atoms with Crippen LogP contribution in [0.15, 0.2) is 54.7 Å². The molecule has 2 aromatic heterocycles. The molecule has 7 heteroatoms. The van der Waals surface area contributed by atoms with E-state index in [4.69, 9.17) is 0 Å². The topological polar surface area (TPSA) is 57.2 Å². The van der Waals surface area contributed by atoms with Crippen molar-refractivity contribution in [2.45, 2.75) is 13.5 Å². The monoisotopic (exact) mass is 378 g/mol. The van der Waals surface area contributed by atoms with Crippen LogP contribution in [0.1, 0.15) is 11.4 Å². The zero-order chi connectivity index (χ0) is 19.3. The standard InChI is InChI=1S/C21H23FN6/c1-16-14-20(26-21(25-16)24-15-17-6-4-5-9-23-17)28-12-10-27(11-13-28)19-8-3-2-7-18(19)22/h2-9,14H,10-13,15H2,1H3,(H,24,25,26). The van der Waals surface area contributed by atoms with E-state index >= 15 is 0 Å². The first kappa shape index (κ1) is 18.2. The van der Waals surface area contributed by atoms with Crippen molar-refractivity contribution in [2.24, 2.45) is 0 Å². The van der Waals surface area contributed by atoms with E-state index in [1.807, 2.05) is 43.3 Å². The molecule has 0 spiro atoms. The lowest BCUT2D eigenvalue weighted by Gasteiger charge is -2.37. The molecule has 0 bridgehead atoms. The summed E-state index contributed by atoms with van der Waals surface area (Å²) >= 11 is 0. The number of aryl methyl sites for hydroxylation is 1. The first-order valence-electron chi connectivity index (χ1n) is 9.43. The molecule has 3 aromatic rings. The van der Waals surface area contributed by atoms with Gasteiger partial charge in [0, 0.05) is 44.1 Å². The van der Waals surface area contributed by atoms with E-state index in [1.165, 1.54) is 6.07 Å². The Morgan fingerprint density at radius 3 is 2.46 bits per heavy atom. The van der Waals surface area contributed by atoms with Crippen LogP contribution in [0, 0.1) is 12.7 Å². The van der Waals surface area contributed by atoms with Gasteiger partial charge in [0.1, 0.15) is 11.6 Å². The molecular weight excluding hydrogens is 355 g/mol. The van der Waals surface area contributed by atoms with Crippen LogP contribution in [0.4, 0.5) is 21.8 Å². The zero-order valence-electron chi connectivity index (χ0n) is 15.8. The minimum absolute atomic E-state index is 0.171. The molecular formula is C21H23FN6. The quantitative estimate of drug-likeness (QED) is 0.736. The predicted octanol–water partition coefficient (Wildman–Crippen LogP) is 3.26. The summed E-state index contributed by atoms with van der Waals surface area (Å²) in [5.74, 6) is 1.32. The van der Waals surface area contributed by atoms with Gasteiger partial charge in [-0.1, -0.05) is 18.2 Å². The molecule has 144 valence electrons. The van der Waals surface area contributed by atoms with E-state index < -0.39 is 0 Å². The highest BCUT2D eigenvalue weighted by molar-refractivity contribution is 5.51. The number of benzene rings is 1. The minimum Gasteiger partial charge on any atom is -0.366 e. The van der Waals surface area contributed by atoms with Crippen LogP contribution in [-0.4, -0.2) is 41.1 Å². The fraction of sp³-hybridized carbons (Fsp3) is 0.286. The van der Waals surface area contributed by atoms with E-state index in [1.54, 1.807) is 12.3 Å². The molecule has 4 rings (SSSR count). The van der Waals surface area contributed by atoms with E-state index in [0.29, 0.717) is 18.2 Å². The summed E-state index contributed by atoms with van der Waals surface area (Å²) < 4.78 is 14.0. The van der Waals surface area contributed by atoms with E-state index in [-0.39, 0.29) is 5.82 Å². The third-order valence-corrected chi connectivity index (χ3v) is 4.79. The summed E-state index contributed by atoms with van der Waals surface area (Å²) in [4.78, 5) is 17.8. The third kappa shape index (κ3) is 4.19. The molecule has 0 atom stereocenters. The molecule has 28 heavy (non-hydrogen) atoms. The molecule has 0 amide bonds. The van der Waals surface area contributed by atoms with E-state index in [9.17, 15) is 4.39 Å². The minimum atomic E-state index is -0.171. The van der Waals surface area contributed by atoms with Gasteiger partial charge in [-0.05, 0) is 31.2 Å². The average molecular weight is 378 g/mol. The molecule has 6 nitrogen and oxygen atoms in total. The number of hydrogen-bond acceptors (Lipinski definition) is 6. The first-order chi connectivity index (χ1) is 13.7.